The van der Waals surface area contributed by atoms with E-state index < -0.39 is 10.0 Å². The van der Waals surface area contributed by atoms with Crippen LogP contribution in [0.1, 0.15) is 46.3 Å². The smallest absolute Gasteiger partial charge is 0.251 e. The third-order valence-electron chi connectivity index (χ3n) is 5.69. The van der Waals surface area contributed by atoms with E-state index in [0.29, 0.717) is 31.7 Å². The number of hydrogen-bond acceptors (Lipinski definition) is 5. The van der Waals surface area contributed by atoms with E-state index in [2.05, 4.69) is 15.4 Å². The van der Waals surface area contributed by atoms with E-state index in [1.165, 1.54) is 16.7 Å². The Balaban J connectivity index is 1.42. The average Bonchev–Trinajstić information content (AvgIpc) is 3.32. The Labute approximate surface area is 188 Å². The molecule has 0 spiro atoms. The van der Waals surface area contributed by atoms with Crippen molar-refractivity contribution in [1.29, 1.82) is 0 Å². The number of piperidine rings is 1. The number of carbonyl (C=O) groups is 1. The summed E-state index contributed by atoms with van der Waals surface area (Å²) in [6, 6.07) is 12.7. The van der Waals surface area contributed by atoms with Gasteiger partial charge < -0.3 is 5.32 Å². The SMILES string of the molecule is Cc1ccc(S(=O)(=O)N2CCCCC2)cc1C(=O)NCc1ccc(Cn2cncn2)cc1. The third kappa shape index (κ3) is 5.05. The van der Waals surface area contributed by atoms with Crippen molar-refractivity contribution in [3.63, 3.8) is 0 Å². The Bertz CT molecular complexity index is 1170. The Morgan fingerprint density at radius 3 is 2.44 bits per heavy atom. The van der Waals surface area contributed by atoms with Crippen LogP contribution in [0.25, 0.3) is 0 Å². The lowest BCUT2D eigenvalue weighted by Gasteiger charge is -2.26. The lowest BCUT2D eigenvalue weighted by molar-refractivity contribution is 0.0950. The number of carbonyl (C=O) groups excluding carboxylic acids is 1. The minimum atomic E-state index is -3.59. The van der Waals surface area contributed by atoms with Gasteiger partial charge >= 0.3 is 0 Å². The zero-order valence-corrected chi connectivity index (χ0v) is 18.9. The summed E-state index contributed by atoms with van der Waals surface area (Å²) in [7, 11) is -3.59. The molecule has 1 amide bonds. The second-order valence-corrected chi connectivity index (χ2v) is 9.97. The zero-order valence-electron chi connectivity index (χ0n) is 18.1. The van der Waals surface area contributed by atoms with Crippen molar-refractivity contribution in [3.05, 3.63) is 77.4 Å². The highest BCUT2D eigenvalue weighted by Gasteiger charge is 2.27. The zero-order chi connectivity index (χ0) is 22.6. The van der Waals surface area contributed by atoms with Gasteiger partial charge in [-0.15, -0.1) is 0 Å². The number of nitrogens with zero attached hydrogens (tertiary/aromatic N) is 4. The number of benzene rings is 2. The summed E-state index contributed by atoms with van der Waals surface area (Å²) >= 11 is 0. The van der Waals surface area contributed by atoms with Crippen LogP contribution in [0.2, 0.25) is 0 Å². The minimum Gasteiger partial charge on any atom is -0.348 e. The van der Waals surface area contributed by atoms with Crippen LogP contribution < -0.4 is 5.32 Å². The number of aromatic nitrogens is 3. The Hall–Kier alpha value is -3.04. The Kier molecular flexibility index (Phi) is 6.66. The van der Waals surface area contributed by atoms with Gasteiger partial charge in [-0.2, -0.15) is 9.40 Å². The maximum absolute atomic E-state index is 13.0. The van der Waals surface area contributed by atoms with E-state index in [1.54, 1.807) is 23.1 Å². The van der Waals surface area contributed by atoms with Gasteiger partial charge in [0.1, 0.15) is 12.7 Å². The normalized spacial score (nSPS) is 14.9. The molecule has 3 aromatic rings. The number of aryl methyl sites for hydroxylation is 1. The summed E-state index contributed by atoms with van der Waals surface area (Å²) in [6.45, 7) is 3.86. The third-order valence-corrected chi connectivity index (χ3v) is 7.59. The van der Waals surface area contributed by atoms with Gasteiger partial charge in [-0.3, -0.25) is 4.79 Å². The molecule has 32 heavy (non-hydrogen) atoms. The molecule has 1 aliphatic rings. The molecule has 1 aliphatic heterocycles. The van der Waals surface area contributed by atoms with Gasteiger partial charge in [0, 0.05) is 25.2 Å². The lowest BCUT2D eigenvalue weighted by atomic mass is 10.1. The molecule has 0 atom stereocenters. The first-order valence-electron chi connectivity index (χ1n) is 10.7. The maximum Gasteiger partial charge on any atom is 0.251 e. The van der Waals surface area contributed by atoms with E-state index in [1.807, 2.05) is 31.2 Å². The molecule has 168 valence electrons. The molecule has 1 aromatic heterocycles. The van der Waals surface area contributed by atoms with Crippen molar-refractivity contribution in [2.24, 2.45) is 0 Å². The highest BCUT2D eigenvalue weighted by Crippen LogP contribution is 2.23. The summed E-state index contributed by atoms with van der Waals surface area (Å²) in [4.78, 5) is 16.9. The van der Waals surface area contributed by atoms with E-state index in [0.717, 1.165) is 36.0 Å². The van der Waals surface area contributed by atoms with Gasteiger partial charge in [0.05, 0.1) is 11.4 Å². The topological polar surface area (TPSA) is 97.2 Å². The van der Waals surface area contributed by atoms with Crippen molar-refractivity contribution in [2.75, 3.05) is 13.1 Å². The molecule has 8 nitrogen and oxygen atoms in total. The first-order valence-corrected chi connectivity index (χ1v) is 12.2. The fourth-order valence-corrected chi connectivity index (χ4v) is 5.35. The van der Waals surface area contributed by atoms with Crippen molar-refractivity contribution in [3.8, 4) is 0 Å². The van der Waals surface area contributed by atoms with Crippen LogP contribution >= 0.6 is 0 Å². The Morgan fingerprint density at radius 2 is 1.75 bits per heavy atom. The van der Waals surface area contributed by atoms with E-state index in [4.69, 9.17) is 0 Å². The van der Waals surface area contributed by atoms with Crippen LogP contribution in [0.4, 0.5) is 0 Å². The molecular formula is C23H27N5O3S. The summed E-state index contributed by atoms with van der Waals surface area (Å²) in [5, 5.41) is 7.00. The molecule has 0 aliphatic carbocycles. The fraction of sp³-hybridized carbons (Fsp3) is 0.348. The highest BCUT2D eigenvalue weighted by atomic mass is 32.2. The molecule has 2 aromatic carbocycles. The molecule has 4 rings (SSSR count). The van der Waals surface area contributed by atoms with Crippen LogP contribution in [0.3, 0.4) is 0 Å². The van der Waals surface area contributed by atoms with E-state index in [-0.39, 0.29) is 10.8 Å². The molecule has 9 heteroatoms. The predicted molar refractivity (Wildman–Crippen MR) is 121 cm³/mol. The van der Waals surface area contributed by atoms with Crippen molar-refractivity contribution in [1.82, 2.24) is 24.4 Å². The molecule has 0 bridgehead atoms. The summed E-state index contributed by atoms with van der Waals surface area (Å²) in [5.74, 6) is -0.287. The van der Waals surface area contributed by atoms with Gasteiger partial charge in [0.2, 0.25) is 10.0 Å². The highest BCUT2D eigenvalue weighted by molar-refractivity contribution is 7.89. The molecule has 1 N–H and O–H groups in total. The summed E-state index contributed by atoms with van der Waals surface area (Å²) in [6.07, 6.45) is 5.95. The van der Waals surface area contributed by atoms with Crippen LogP contribution in [0.15, 0.2) is 60.0 Å². The number of rotatable bonds is 7. The van der Waals surface area contributed by atoms with Crippen LogP contribution in [0.5, 0.6) is 0 Å². The number of hydrogen-bond donors (Lipinski definition) is 1. The van der Waals surface area contributed by atoms with Crippen molar-refractivity contribution < 1.29 is 13.2 Å². The standard InChI is InChI=1S/C23H27N5O3S/c1-18-5-10-21(32(30,31)28-11-3-2-4-12-28)13-22(18)23(29)25-14-19-6-8-20(9-7-19)15-27-17-24-16-26-27/h5-10,13,16-17H,2-4,11-12,14-15H2,1H3,(H,25,29). The second-order valence-electron chi connectivity index (χ2n) is 8.03. The number of amides is 1. The Morgan fingerprint density at radius 1 is 1.03 bits per heavy atom. The monoisotopic (exact) mass is 453 g/mol. The maximum atomic E-state index is 13.0. The van der Waals surface area contributed by atoms with Crippen LogP contribution in [-0.2, 0) is 23.1 Å². The number of nitrogens with one attached hydrogen (secondary N) is 1. The molecule has 0 saturated carbocycles. The van der Waals surface area contributed by atoms with E-state index in [9.17, 15) is 13.2 Å². The van der Waals surface area contributed by atoms with E-state index >= 15 is 0 Å². The quantitative estimate of drug-likeness (QED) is 0.593. The van der Waals surface area contributed by atoms with Crippen LogP contribution in [0, 0.1) is 6.92 Å². The molecular weight excluding hydrogens is 426 g/mol. The first-order chi connectivity index (χ1) is 15.4. The molecule has 0 unspecified atom stereocenters. The summed E-state index contributed by atoms with van der Waals surface area (Å²) in [5.41, 5.74) is 3.15. The van der Waals surface area contributed by atoms with Gasteiger partial charge in [-0.1, -0.05) is 36.8 Å². The molecule has 1 saturated heterocycles. The van der Waals surface area contributed by atoms with Gasteiger partial charge in [-0.25, -0.2) is 18.1 Å². The largest absolute Gasteiger partial charge is 0.348 e. The lowest BCUT2D eigenvalue weighted by Crippen LogP contribution is -2.35. The van der Waals surface area contributed by atoms with Crippen molar-refractivity contribution >= 4 is 15.9 Å². The molecule has 2 heterocycles. The predicted octanol–water partition coefficient (Wildman–Crippen LogP) is 2.74. The fourth-order valence-electron chi connectivity index (χ4n) is 3.80. The van der Waals surface area contributed by atoms with Gasteiger partial charge in [0.15, 0.2) is 0 Å². The van der Waals surface area contributed by atoms with Crippen LogP contribution in [-0.4, -0.2) is 46.5 Å². The van der Waals surface area contributed by atoms with Crippen molar-refractivity contribution in [2.45, 2.75) is 44.2 Å². The first kappa shape index (κ1) is 22.2. The average molecular weight is 454 g/mol. The molecule has 0 radical (unpaired) electrons. The molecule has 1 fully saturated rings. The second kappa shape index (κ2) is 9.62. The number of sulfonamides is 1. The van der Waals surface area contributed by atoms with Gasteiger partial charge in [-0.05, 0) is 48.6 Å². The minimum absolute atomic E-state index is 0.174. The van der Waals surface area contributed by atoms with Gasteiger partial charge in [0.25, 0.3) is 5.91 Å². The summed E-state index contributed by atoms with van der Waals surface area (Å²) < 4.78 is 29.2.